The SMILES string of the molecule is CCC(Sc1c(=O)o[nH][n+]1C)C(=O)Nc1cc(Cl)cc(Cl)c1. The van der Waals surface area contributed by atoms with Gasteiger partial charge in [0.1, 0.15) is 0 Å². The number of carbonyl (C=O) groups is 1. The monoisotopic (exact) mass is 362 g/mol. The Morgan fingerprint density at radius 3 is 2.55 bits per heavy atom. The van der Waals surface area contributed by atoms with Gasteiger partial charge >= 0.3 is 10.7 Å². The highest BCUT2D eigenvalue weighted by Gasteiger charge is 2.27. The van der Waals surface area contributed by atoms with Crippen molar-refractivity contribution in [2.75, 3.05) is 5.32 Å². The number of hydrogen-bond acceptors (Lipinski definition) is 4. The van der Waals surface area contributed by atoms with Crippen LogP contribution in [0.5, 0.6) is 0 Å². The molecule has 1 unspecified atom stereocenters. The normalized spacial score (nSPS) is 12.2. The van der Waals surface area contributed by atoms with Crippen LogP contribution < -0.4 is 15.6 Å². The van der Waals surface area contributed by atoms with Crippen LogP contribution >= 0.6 is 35.0 Å². The van der Waals surface area contributed by atoms with E-state index in [1.165, 1.54) is 4.68 Å². The summed E-state index contributed by atoms with van der Waals surface area (Å²) in [7, 11) is 1.63. The van der Waals surface area contributed by atoms with Crippen molar-refractivity contribution in [2.24, 2.45) is 7.05 Å². The van der Waals surface area contributed by atoms with Gasteiger partial charge in [-0.15, -0.1) is 0 Å². The zero-order valence-electron chi connectivity index (χ0n) is 11.9. The summed E-state index contributed by atoms with van der Waals surface area (Å²) in [6.07, 6.45) is 0.537. The number of hydrogen-bond donors (Lipinski definition) is 2. The van der Waals surface area contributed by atoms with Crippen LogP contribution in [0.25, 0.3) is 0 Å². The van der Waals surface area contributed by atoms with Crippen molar-refractivity contribution in [1.82, 2.24) is 5.27 Å². The van der Waals surface area contributed by atoms with Crippen molar-refractivity contribution < 1.29 is 14.0 Å². The van der Waals surface area contributed by atoms with Crippen molar-refractivity contribution in [3.63, 3.8) is 0 Å². The van der Waals surface area contributed by atoms with Crippen LogP contribution in [0.3, 0.4) is 0 Å². The number of anilines is 1. The topological polar surface area (TPSA) is 79.0 Å². The number of thioether (sulfide) groups is 1. The summed E-state index contributed by atoms with van der Waals surface area (Å²) in [5, 5.41) is 5.89. The smallest absolute Gasteiger partial charge is 0.325 e. The van der Waals surface area contributed by atoms with Gasteiger partial charge in [0.2, 0.25) is 5.91 Å². The van der Waals surface area contributed by atoms with Crippen molar-refractivity contribution in [1.29, 1.82) is 0 Å². The summed E-state index contributed by atoms with van der Waals surface area (Å²) in [6.45, 7) is 1.86. The van der Waals surface area contributed by atoms with Crippen LogP contribution in [0.4, 0.5) is 5.69 Å². The molecule has 0 bridgehead atoms. The highest BCUT2D eigenvalue weighted by molar-refractivity contribution is 8.00. The molecular formula is C13H14Cl2N3O3S+. The van der Waals surface area contributed by atoms with Gasteiger partial charge in [0.05, 0.1) is 5.25 Å². The maximum absolute atomic E-state index is 12.3. The van der Waals surface area contributed by atoms with Gasteiger partial charge in [0.15, 0.2) is 7.05 Å². The lowest BCUT2D eigenvalue weighted by Gasteiger charge is -2.12. The second kappa shape index (κ2) is 7.21. The molecule has 2 N–H and O–H groups in total. The van der Waals surface area contributed by atoms with Gasteiger partial charge in [-0.3, -0.25) is 9.32 Å². The first-order valence-electron chi connectivity index (χ1n) is 6.41. The molecule has 0 saturated carbocycles. The predicted molar refractivity (Wildman–Crippen MR) is 85.5 cm³/mol. The van der Waals surface area contributed by atoms with E-state index in [0.717, 1.165) is 11.8 Å². The molecule has 0 aliphatic carbocycles. The minimum atomic E-state index is -0.510. The van der Waals surface area contributed by atoms with Gasteiger partial charge in [-0.2, -0.15) is 0 Å². The number of nitrogens with zero attached hydrogens (tertiary/aromatic N) is 1. The molecule has 2 rings (SSSR count). The number of amides is 1. The van der Waals surface area contributed by atoms with E-state index in [0.29, 0.717) is 27.2 Å². The third kappa shape index (κ3) is 4.06. The Morgan fingerprint density at radius 1 is 1.41 bits per heavy atom. The number of halogens is 2. The molecule has 0 aliphatic rings. The molecule has 6 nitrogen and oxygen atoms in total. The van der Waals surface area contributed by atoms with Crippen LogP contribution in [0.1, 0.15) is 13.3 Å². The Hall–Kier alpha value is -1.44. The van der Waals surface area contributed by atoms with E-state index >= 15 is 0 Å². The number of rotatable bonds is 5. The molecule has 1 aromatic heterocycles. The molecule has 2 aromatic rings. The highest BCUT2D eigenvalue weighted by atomic mass is 35.5. The molecule has 1 aromatic carbocycles. The predicted octanol–water partition coefficient (Wildman–Crippen LogP) is 2.61. The lowest BCUT2D eigenvalue weighted by atomic mass is 10.2. The Morgan fingerprint density at radius 2 is 2.05 bits per heavy atom. The van der Waals surface area contributed by atoms with E-state index in [1.807, 2.05) is 6.92 Å². The average Bonchev–Trinajstić information content (AvgIpc) is 2.74. The third-order valence-electron chi connectivity index (χ3n) is 2.80. The fraction of sp³-hybridized carbons (Fsp3) is 0.308. The molecule has 0 aliphatic heterocycles. The number of aromatic nitrogens is 2. The maximum atomic E-state index is 12.3. The van der Waals surface area contributed by atoms with Gasteiger partial charge in [0.25, 0.3) is 0 Å². The molecule has 0 spiro atoms. The lowest BCUT2D eigenvalue weighted by Crippen LogP contribution is -2.35. The van der Waals surface area contributed by atoms with Gasteiger partial charge in [-0.05, 0) is 41.7 Å². The van der Waals surface area contributed by atoms with Crippen LogP contribution in [0.15, 0.2) is 32.5 Å². The van der Waals surface area contributed by atoms with Crippen LogP contribution in [0.2, 0.25) is 10.0 Å². The summed E-state index contributed by atoms with van der Waals surface area (Å²) in [5.41, 5.74) is -0.00317. The minimum absolute atomic E-state index is 0.244. The molecule has 1 heterocycles. The fourth-order valence-electron chi connectivity index (χ4n) is 1.76. The van der Waals surface area contributed by atoms with Crippen molar-refractivity contribution in [3.8, 4) is 0 Å². The van der Waals surface area contributed by atoms with Gasteiger partial charge in [0, 0.05) is 15.7 Å². The number of aromatic amines is 1. The third-order valence-corrected chi connectivity index (χ3v) is 4.73. The Labute approximate surface area is 140 Å². The molecular weight excluding hydrogens is 349 g/mol. The highest BCUT2D eigenvalue weighted by Crippen LogP contribution is 2.25. The zero-order chi connectivity index (χ0) is 16.3. The molecule has 9 heteroatoms. The quantitative estimate of drug-likeness (QED) is 0.632. The molecule has 0 saturated heterocycles. The second-order valence-corrected chi connectivity index (χ2v) is 6.57. The van der Waals surface area contributed by atoms with E-state index in [9.17, 15) is 9.59 Å². The molecule has 0 radical (unpaired) electrons. The number of nitrogens with one attached hydrogen (secondary N) is 2. The summed E-state index contributed by atoms with van der Waals surface area (Å²) >= 11 is 12.9. The Balaban J connectivity index is 2.13. The van der Waals surface area contributed by atoms with Crippen molar-refractivity contribution in [2.45, 2.75) is 23.6 Å². The van der Waals surface area contributed by atoms with Crippen LogP contribution in [0, 0.1) is 0 Å². The zero-order valence-corrected chi connectivity index (χ0v) is 14.2. The number of benzene rings is 1. The first-order valence-corrected chi connectivity index (χ1v) is 8.05. The molecule has 1 atom stereocenters. The summed E-state index contributed by atoms with van der Waals surface area (Å²) < 4.78 is 6.09. The van der Waals surface area contributed by atoms with Gasteiger partial charge in [-0.1, -0.05) is 34.8 Å². The van der Waals surface area contributed by atoms with Gasteiger partial charge < -0.3 is 5.32 Å². The van der Waals surface area contributed by atoms with Crippen LogP contribution in [-0.4, -0.2) is 16.4 Å². The van der Waals surface area contributed by atoms with Crippen molar-refractivity contribution in [3.05, 3.63) is 38.7 Å². The summed E-state index contributed by atoms with van der Waals surface area (Å²) in [5.74, 6) is -0.244. The van der Waals surface area contributed by atoms with Gasteiger partial charge in [-0.25, -0.2) is 4.79 Å². The number of carbonyl (C=O) groups excluding carboxylic acids is 1. The standard InChI is InChI=1S/C13H13Cl2N3O3S/c1-3-10(22-12-13(20)21-17-18(12)2)11(19)16-9-5-7(14)4-8(15)6-9/h4-6,10H,3H2,1-2H3,(H-,16,17,19,20)/p+1. The number of aryl methyl sites for hydroxylation is 1. The number of H-pyrrole nitrogens is 1. The Kier molecular flexibility index (Phi) is 5.55. The van der Waals surface area contributed by atoms with E-state index < -0.39 is 10.9 Å². The largest absolute Gasteiger partial charge is 0.441 e. The lowest BCUT2D eigenvalue weighted by molar-refractivity contribution is -0.772. The van der Waals surface area contributed by atoms with Crippen LogP contribution in [-0.2, 0) is 11.8 Å². The first-order chi connectivity index (χ1) is 10.4. The van der Waals surface area contributed by atoms with Crippen molar-refractivity contribution >= 4 is 46.6 Å². The first kappa shape index (κ1) is 16.9. The molecule has 0 fully saturated rings. The van der Waals surface area contributed by atoms with E-state index in [2.05, 4.69) is 15.1 Å². The van der Waals surface area contributed by atoms with E-state index in [4.69, 9.17) is 23.2 Å². The summed E-state index contributed by atoms with van der Waals surface area (Å²) in [4.78, 5) is 23.9. The van der Waals surface area contributed by atoms with E-state index in [-0.39, 0.29) is 5.91 Å². The average molecular weight is 363 g/mol. The Bertz CT molecular complexity index is 724. The summed E-state index contributed by atoms with van der Waals surface area (Å²) in [6, 6.07) is 4.79. The fourth-order valence-corrected chi connectivity index (χ4v) is 3.23. The second-order valence-electron chi connectivity index (χ2n) is 4.51. The maximum Gasteiger partial charge on any atom is 0.441 e. The minimum Gasteiger partial charge on any atom is -0.325 e. The molecule has 22 heavy (non-hydrogen) atoms. The molecule has 118 valence electrons. The molecule has 1 amide bonds. The van der Waals surface area contributed by atoms with E-state index in [1.54, 1.807) is 25.2 Å².